The summed E-state index contributed by atoms with van der Waals surface area (Å²) < 4.78 is 30.0. The van der Waals surface area contributed by atoms with Gasteiger partial charge in [-0.15, -0.1) is 0 Å². The fraction of sp³-hybridized carbons (Fsp3) is 0.360. The van der Waals surface area contributed by atoms with Crippen LogP contribution in [0.15, 0.2) is 48.0 Å². The number of aliphatic hydroxyl groups is 1. The number of carbonyl (C=O) groups excluding carboxylic acids is 2. The zero-order valence-electron chi connectivity index (χ0n) is 19.0. The van der Waals surface area contributed by atoms with Crippen LogP contribution in [0.3, 0.4) is 0 Å². The largest absolute Gasteiger partial charge is 0.507 e. The average Bonchev–Trinajstić information content (AvgIpc) is 3.07. The molecule has 1 amide bonds. The Bertz CT molecular complexity index is 1030. The first-order chi connectivity index (χ1) is 15.9. The summed E-state index contributed by atoms with van der Waals surface area (Å²) in [5.41, 5.74) is 0.455. The summed E-state index contributed by atoms with van der Waals surface area (Å²) in [5.74, 6) is -1.90. The lowest BCUT2D eigenvalue weighted by Gasteiger charge is -2.25. The summed E-state index contributed by atoms with van der Waals surface area (Å²) >= 11 is 0. The average molecular weight is 457 g/mol. The smallest absolute Gasteiger partial charge is 0.295 e. The van der Waals surface area contributed by atoms with Gasteiger partial charge in [0.1, 0.15) is 23.1 Å². The monoisotopic (exact) mass is 457 g/mol. The Kier molecular flexibility index (Phi) is 8.06. The molecule has 1 atom stereocenters. The molecule has 0 spiro atoms. The third kappa shape index (κ3) is 5.17. The van der Waals surface area contributed by atoms with Gasteiger partial charge in [0.25, 0.3) is 11.7 Å². The van der Waals surface area contributed by atoms with Crippen LogP contribution in [-0.4, -0.2) is 55.7 Å². The summed E-state index contributed by atoms with van der Waals surface area (Å²) in [7, 11) is 2.86. The van der Waals surface area contributed by atoms with Gasteiger partial charge in [-0.25, -0.2) is 4.39 Å². The number of hydrogen-bond donors (Lipinski definition) is 1. The summed E-state index contributed by atoms with van der Waals surface area (Å²) in [6.45, 7) is 2.99. The minimum atomic E-state index is -0.877. The van der Waals surface area contributed by atoms with E-state index in [1.807, 2.05) is 0 Å². The molecule has 1 aliphatic rings. The van der Waals surface area contributed by atoms with Gasteiger partial charge in [0.05, 0.1) is 37.5 Å². The van der Waals surface area contributed by atoms with E-state index in [9.17, 15) is 19.1 Å². The molecular formula is C25H28FNO6. The Morgan fingerprint density at radius 3 is 2.45 bits per heavy atom. The number of amides is 1. The van der Waals surface area contributed by atoms with Gasteiger partial charge in [-0.1, -0.05) is 25.5 Å². The van der Waals surface area contributed by atoms with Crippen LogP contribution in [0.25, 0.3) is 5.76 Å². The quantitative estimate of drug-likeness (QED) is 0.250. The Morgan fingerprint density at radius 1 is 1.09 bits per heavy atom. The van der Waals surface area contributed by atoms with Crippen LogP contribution in [0.2, 0.25) is 0 Å². The highest BCUT2D eigenvalue weighted by atomic mass is 19.1. The number of halogens is 1. The number of carbonyl (C=O) groups is 2. The van der Waals surface area contributed by atoms with Crippen molar-refractivity contribution in [3.8, 4) is 11.5 Å². The molecule has 176 valence electrons. The van der Waals surface area contributed by atoms with Gasteiger partial charge in [-0.2, -0.15) is 0 Å². The predicted molar refractivity (Wildman–Crippen MR) is 121 cm³/mol. The molecule has 8 heteroatoms. The third-order valence-corrected chi connectivity index (χ3v) is 5.46. The second-order valence-electron chi connectivity index (χ2n) is 7.60. The first kappa shape index (κ1) is 24.3. The molecule has 0 aromatic heterocycles. The molecule has 7 nitrogen and oxygen atoms in total. The number of methoxy groups -OCH3 is 2. The Balaban J connectivity index is 2.09. The highest BCUT2D eigenvalue weighted by Gasteiger charge is 2.46. The lowest BCUT2D eigenvalue weighted by Crippen LogP contribution is -2.32. The fourth-order valence-electron chi connectivity index (χ4n) is 3.74. The summed E-state index contributed by atoms with van der Waals surface area (Å²) in [6, 6.07) is 9.72. The van der Waals surface area contributed by atoms with E-state index >= 15 is 0 Å². The molecular weight excluding hydrogens is 429 g/mol. The molecule has 1 saturated heterocycles. The number of nitrogens with zero attached hydrogens (tertiary/aromatic N) is 1. The van der Waals surface area contributed by atoms with E-state index in [1.54, 1.807) is 24.3 Å². The first-order valence-electron chi connectivity index (χ1n) is 10.8. The van der Waals surface area contributed by atoms with E-state index in [4.69, 9.17) is 14.2 Å². The van der Waals surface area contributed by atoms with Gasteiger partial charge in [-0.3, -0.25) is 9.59 Å². The van der Waals surface area contributed by atoms with Crippen LogP contribution < -0.4 is 9.47 Å². The van der Waals surface area contributed by atoms with Crippen molar-refractivity contribution in [3.63, 3.8) is 0 Å². The summed E-state index contributed by atoms with van der Waals surface area (Å²) in [4.78, 5) is 27.2. The lowest BCUT2D eigenvalue weighted by molar-refractivity contribution is -0.140. The maximum atomic E-state index is 14.0. The third-order valence-electron chi connectivity index (χ3n) is 5.46. The van der Waals surface area contributed by atoms with Crippen LogP contribution in [0.5, 0.6) is 11.5 Å². The number of ether oxygens (including phenoxy) is 3. The second-order valence-corrected chi connectivity index (χ2v) is 7.60. The molecule has 0 radical (unpaired) electrons. The molecule has 0 bridgehead atoms. The van der Waals surface area contributed by atoms with Crippen molar-refractivity contribution in [2.75, 3.05) is 34.0 Å². The van der Waals surface area contributed by atoms with Crippen LogP contribution in [0, 0.1) is 5.82 Å². The van der Waals surface area contributed by atoms with E-state index < -0.39 is 29.3 Å². The highest BCUT2D eigenvalue weighted by molar-refractivity contribution is 6.46. The number of rotatable bonds is 10. The molecule has 2 aromatic carbocycles. The molecule has 1 N–H and O–H groups in total. The molecule has 33 heavy (non-hydrogen) atoms. The summed E-state index contributed by atoms with van der Waals surface area (Å²) in [6.07, 6.45) is 1.93. The Morgan fingerprint density at radius 2 is 1.82 bits per heavy atom. The van der Waals surface area contributed by atoms with E-state index in [-0.39, 0.29) is 30.0 Å². The lowest BCUT2D eigenvalue weighted by atomic mass is 9.95. The van der Waals surface area contributed by atoms with Crippen molar-refractivity contribution in [2.24, 2.45) is 0 Å². The summed E-state index contributed by atoms with van der Waals surface area (Å²) in [5, 5.41) is 11.1. The Labute approximate surface area is 192 Å². The normalized spacial score (nSPS) is 17.5. The minimum Gasteiger partial charge on any atom is -0.507 e. The van der Waals surface area contributed by atoms with E-state index in [1.165, 1.54) is 31.3 Å². The second kappa shape index (κ2) is 11.0. The maximum absolute atomic E-state index is 14.0. The molecule has 1 unspecified atom stereocenters. The van der Waals surface area contributed by atoms with Gasteiger partial charge in [0.15, 0.2) is 0 Å². The predicted octanol–water partition coefficient (Wildman–Crippen LogP) is 4.08. The number of unbranched alkanes of at least 4 members (excludes halogenated alkanes) is 1. The standard InChI is InChI=1S/C25H28FNO6/c1-4-5-13-33-18-9-6-16(7-10-18)22-21(24(29)25(30)27(22)12-14-31-2)23(28)19-15-17(26)8-11-20(19)32-3/h6-11,15,22,28H,4-5,12-14H2,1-3H3/b23-21+. The first-order valence-corrected chi connectivity index (χ1v) is 10.8. The molecule has 3 rings (SSSR count). The Hall–Kier alpha value is -3.39. The fourth-order valence-corrected chi connectivity index (χ4v) is 3.74. The van der Waals surface area contributed by atoms with E-state index in [2.05, 4.69) is 6.92 Å². The number of likely N-dealkylation sites (tertiary alicyclic amines) is 1. The zero-order valence-corrected chi connectivity index (χ0v) is 19.0. The molecule has 1 fully saturated rings. The van der Waals surface area contributed by atoms with Crippen LogP contribution in [0.1, 0.15) is 36.9 Å². The number of benzene rings is 2. The van der Waals surface area contributed by atoms with E-state index in [0.717, 1.165) is 18.9 Å². The van der Waals surface area contributed by atoms with Crippen molar-refractivity contribution >= 4 is 17.4 Å². The SMILES string of the molecule is CCCCOc1ccc(C2/C(=C(\O)c3cc(F)ccc3OC)C(=O)C(=O)N2CCOC)cc1. The number of ketones is 1. The van der Waals surface area contributed by atoms with Gasteiger partial charge in [-0.05, 0) is 42.3 Å². The van der Waals surface area contributed by atoms with Crippen LogP contribution in [0.4, 0.5) is 4.39 Å². The number of hydrogen-bond acceptors (Lipinski definition) is 6. The van der Waals surface area contributed by atoms with Crippen molar-refractivity contribution in [1.29, 1.82) is 0 Å². The molecule has 0 aliphatic carbocycles. The highest BCUT2D eigenvalue weighted by Crippen LogP contribution is 2.41. The molecule has 1 heterocycles. The minimum absolute atomic E-state index is 0.00763. The molecule has 1 aliphatic heterocycles. The van der Waals surface area contributed by atoms with Crippen LogP contribution >= 0.6 is 0 Å². The zero-order chi connectivity index (χ0) is 24.0. The maximum Gasteiger partial charge on any atom is 0.295 e. The number of aliphatic hydroxyl groups excluding tert-OH is 1. The van der Waals surface area contributed by atoms with Gasteiger partial charge in [0, 0.05) is 13.7 Å². The van der Waals surface area contributed by atoms with Crippen molar-refractivity contribution in [3.05, 3.63) is 65.0 Å². The van der Waals surface area contributed by atoms with Crippen LogP contribution in [-0.2, 0) is 14.3 Å². The molecule has 2 aromatic rings. The van der Waals surface area contributed by atoms with Gasteiger partial charge in [0.2, 0.25) is 0 Å². The number of Topliss-reactive ketones (excluding diaryl/α,β-unsaturated/α-hetero) is 1. The van der Waals surface area contributed by atoms with Crippen molar-refractivity contribution in [2.45, 2.75) is 25.8 Å². The van der Waals surface area contributed by atoms with Gasteiger partial charge < -0.3 is 24.2 Å². The van der Waals surface area contributed by atoms with E-state index in [0.29, 0.717) is 17.9 Å². The van der Waals surface area contributed by atoms with Crippen molar-refractivity contribution < 1.29 is 33.3 Å². The van der Waals surface area contributed by atoms with Gasteiger partial charge >= 0.3 is 0 Å². The topological polar surface area (TPSA) is 85.3 Å². The molecule has 0 saturated carbocycles. The van der Waals surface area contributed by atoms with Crippen molar-refractivity contribution in [1.82, 2.24) is 4.90 Å².